The zero-order chi connectivity index (χ0) is 14.7. The summed E-state index contributed by atoms with van der Waals surface area (Å²) >= 11 is 0. The topological polar surface area (TPSA) is 83.6 Å². The molecule has 0 aliphatic rings. The van der Waals surface area contributed by atoms with Gasteiger partial charge in [0.2, 0.25) is 5.82 Å². The average Bonchev–Trinajstić information content (AvgIpc) is 2.80. The first kappa shape index (κ1) is 14.1. The molecule has 20 heavy (non-hydrogen) atoms. The zero-order valence-electron chi connectivity index (χ0n) is 10.7. The normalized spacial score (nSPS) is 11.2. The Labute approximate surface area is 112 Å². The third-order valence-electron chi connectivity index (χ3n) is 2.61. The molecule has 2 aromatic rings. The van der Waals surface area contributed by atoms with Crippen molar-refractivity contribution in [2.45, 2.75) is 19.8 Å². The highest BCUT2D eigenvalue weighted by atomic mass is 19.3. The van der Waals surface area contributed by atoms with Crippen molar-refractivity contribution in [2.75, 3.05) is 18.0 Å². The Kier molecular flexibility index (Phi) is 4.06. The molecule has 2 rings (SSSR count). The molecule has 0 fully saturated rings. The lowest BCUT2D eigenvalue weighted by Gasteiger charge is -2.20. The van der Waals surface area contributed by atoms with Crippen molar-refractivity contribution in [1.29, 1.82) is 0 Å². The van der Waals surface area contributed by atoms with Gasteiger partial charge in [-0.15, -0.1) is 15.3 Å². The number of fused-ring (bicyclic) bond motifs is 1. The molecule has 1 N–H and O–H groups in total. The highest BCUT2D eigenvalue weighted by Crippen LogP contribution is 2.19. The molecule has 0 radical (unpaired) electrons. The van der Waals surface area contributed by atoms with Gasteiger partial charge in [0, 0.05) is 6.54 Å². The monoisotopic (exact) mass is 285 g/mol. The van der Waals surface area contributed by atoms with Crippen LogP contribution in [0.25, 0.3) is 5.65 Å². The number of alkyl halides is 2. The fourth-order valence-corrected chi connectivity index (χ4v) is 1.81. The Morgan fingerprint density at radius 2 is 2.20 bits per heavy atom. The van der Waals surface area contributed by atoms with E-state index in [0.717, 1.165) is 4.52 Å². The molecule has 0 saturated carbocycles. The van der Waals surface area contributed by atoms with Gasteiger partial charge in [0.1, 0.15) is 12.4 Å². The lowest BCUT2D eigenvalue weighted by Crippen LogP contribution is -2.31. The number of aromatic nitrogens is 4. The maximum atomic E-state index is 12.8. The van der Waals surface area contributed by atoms with Crippen molar-refractivity contribution in [3.63, 3.8) is 0 Å². The molecule has 108 valence electrons. The molecule has 7 nitrogen and oxygen atoms in total. The molecule has 0 aliphatic heterocycles. The minimum absolute atomic E-state index is 0.191. The summed E-state index contributed by atoms with van der Waals surface area (Å²) in [6.45, 7) is 2.09. The van der Waals surface area contributed by atoms with Crippen LogP contribution >= 0.6 is 0 Å². The Morgan fingerprint density at radius 1 is 1.45 bits per heavy atom. The number of anilines is 1. The molecule has 0 spiro atoms. The molecule has 0 amide bonds. The van der Waals surface area contributed by atoms with Gasteiger partial charge in [0.15, 0.2) is 5.65 Å². The largest absolute Gasteiger partial charge is 0.480 e. The Morgan fingerprint density at radius 3 is 2.80 bits per heavy atom. The van der Waals surface area contributed by atoms with Crippen molar-refractivity contribution < 1.29 is 18.7 Å². The second-order valence-corrected chi connectivity index (χ2v) is 4.14. The molecule has 0 aliphatic carbocycles. The number of carbonyl (C=O) groups is 1. The van der Waals surface area contributed by atoms with E-state index < -0.39 is 18.2 Å². The first-order valence-electron chi connectivity index (χ1n) is 6.00. The number of rotatable bonds is 6. The van der Waals surface area contributed by atoms with Crippen molar-refractivity contribution >= 4 is 17.4 Å². The van der Waals surface area contributed by atoms with E-state index in [1.807, 2.05) is 6.92 Å². The van der Waals surface area contributed by atoms with Gasteiger partial charge in [-0.1, -0.05) is 6.92 Å². The van der Waals surface area contributed by atoms with Crippen LogP contribution in [0.1, 0.15) is 25.6 Å². The van der Waals surface area contributed by atoms with Gasteiger partial charge in [-0.2, -0.15) is 4.52 Å². The average molecular weight is 285 g/mol. The molecule has 0 saturated heterocycles. The highest BCUT2D eigenvalue weighted by Gasteiger charge is 2.19. The van der Waals surface area contributed by atoms with Gasteiger partial charge in [-0.3, -0.25) is 4.79 Å². The van der Waals surface area contributed by atoms with E-state index >= 15 is 0 Å². The van der Waals surface area contributed by atoms with Crippen molar-refractivity contribution in [3.05, 3.63) is 18.0 Å². The van der Waals surface area contributed by atoms with Crippen molar-refractivity contribution in [2.24, 2.45) is 0 Å². The molecule has 2 aromatic heterocycles. The van der Waals surface area contributed by atoms with E-state index in [1.54, 1.807) is 0 Å². The number of halogens is 2. The molecular formula is C11H13F2N5O2. The summed E-state index contributed by atoms with van der Waals surface area (Å²) in [6, 6.07) is 3.02. The second-order valence-electron chi connectivity index (χ2n) is 4.14. The maximum Gasteiger partial charge on any atom is 0.323 e. The van der Waals surface area contributed by atoms with E-state index in [9.17, 15) is 13.6 Å². The fourth-order valence-electron chi connectivity index (χ4n) is 1.81. The zero-order valence-corrected chi connectivity index (χ0v) is 10.7. The number of hydrogen-bond donors (Lipinski definition) is 1. The summed E-state index contributed by atoms with van der Waals surface area (Å²) in [5, 5.41) is 19.8. The van der Waals surface area contributed by atoms with Crippen LogP contribution in [0.2, 0.25) is 0 Å². The molecule has 9 heteroatoms. The summed E-state index contributed by atoms with van der Waals surface area (Å²) in [5.74, 6) is -1.28. The lowest BCUT2D eigenvalue weighted by molar-refractivity contribution is -0.135. The first-order valence-corrected chi connectivity index (χ1v) is 6.00. The lowest BCUT2D eigenvalue weighted by atomic mass is 10.3. The van der Waals surface area contributed by atoms with Crippen LogP contribution < -0.4 is 4.90 Å². The smallest absolute Gasteiger partial charge is 0.323 e. The molecule has 0 atom stereocenters. The number of carboxylic acid groups (broad SMARTS) is 1. The summed E-state index contributed by atoms with van der Waals surface area (Å²) in [6.07, 6.45) is -2.09. The van der Waals surface area contributed by atoms with E-state index in [4.69, 9.17) is 5.11 Å². The molecule has 0 unspecified atom stereocenters. The van der Waals surface area contributed by atoms with Crippen LogP contribution in [0.5, 0.6) is 0 Å². The van der Waals surface area contributed by atoms with Gasteiger partial charge in [0.05, 0.1) is 0 Å². The number of hydrogen-bond acceptors (Lipinski definition) is 5. The van der Waals surface area contributed by atoms with Crippen LogP contribution in [0.15, 0.2) is 12.1 Å². The number of aliphatic carboxylic acids is 1. The van der Waals surface area contributed by atoms with Crippen molar-refractivity contribution in [3.8, 4) is 0 Å². The summed E-state index contributed by atoms with van der Waals surface area (Å²) in [4.78, 5) is 12.3. The van der Waals surface area contributed by atoms with Crippen LogP contribution in [0.3, 0.4) is 0 Å². The Balaban J connectivity index is 2.41. The quantitative estimate of drug-likeness (QED) is 0.862. The van der Waals surface area contributed by atoms with Crippen LogP contribution in [0, 0.1) is 0 Å². The molecular weight excluding hydrogens is 272 g/mol. The predicted octanol–water partition coefficient (Wildman–Crippen LogP) is 1.36. The maximum absolute atomic E-state index is 12.8. The SMILES string of the molecule is CCCN(CC(=O)O)c1ccc2nnc(C(F)F)n2n1. The third kappa shape index (κ3) is 2.81. The molecule has 0 aromatic carbocycles. The first-order chi connectivity index (χ1) is 9.52. The number of carboxylic acids is 1. The van der Waals surface area contributed by atoms with Crippen LogP contribution in [-0.4, -0.2) is 44.0 Å². The van der Waals surface area contributed by atoms with Crippen molar-refractivity contribution in [1.82, 2.24) is 19.8 Å². The summed E-state index contributed by atoms with van der Waals surface area (Å²) < 4.78 is 26.4. The standard InChI is InChI=1S/C11H13F2N5O2/c1-2-5-17(6-9(19)20)8-4-3-7-14-15-11(10(12)13)18(7)16-8/h3-4,10H,2,5-6H2,1H3,(H,19,20). The highest BCUT2D eigenvalue weighted by molar-refractivity contribution is 5.73. The van der Waals surface area contributed by atoms with E-state index in [2.05, 4.69) is 15.3 Å². The van der Waals surface area contributed by atoms with E-state index in [-0.39, 0.29) is 12.2 Å². The fraction of sp³-hybridized carbons (Fsp3) is 0.455. The number of nitrogens with zero attached hydrogens (tertiary/aromatic N) is 5. The van der Waals surface area contributed by atoms with E-state index in [1.165, 1.54) is 17.0 Å². The molecule has 2 heterocycles. The van der Waals surface area contributed by atoms with Crippen LogP contribution in [0.4, 0.5) is 14.6 Å². The molecule has 0 bridgehead atoms. The predicted molar refractivity (Wildman–Crippen MR) is 65.9 cm³/mol. The van der Waals surface area contributed by atoms with Crippen LogP contribution in [-0.2, 0) is 4.79 Å². The van der Waals surface area contributed by atoms with Gasteiger partial charge >= 0.3 is 5.97 Å². The Bertz CT molecular complexity index is 616. The summed E-state index contributed by atoms with van der Waals surface area (Å²) in [5.41, 5.74) is 0.191. The Hall–Kier alpha value is -2.32. The van der Waals surface area contributed by atoms with Gasteiger partial charge < -0.3 is 10.0 Å². The summed E-state index contributed by atoms with van der Waals surface area (Å²) in [7, 11) is 0. The van der Waals surface area contributed by atoms with Gasteiger partial charge in [0.25, 0.3) is 6.43 Å². The van der Waals surface area contributed by atoms with E-state index in [0.29, 0.717) is 18.8 Å². The minimum atomic E-state index is -2.80. The second kappa shape index (κ2) is 5.76. The van der Waals surface area contributed by atoms with Gasteiger partial charge in [-0.05, 0) is 18.6 Å². The minimum Gasteiger partial charge on any atom is -0.480 e. The van der Waals surface area contributed by atoms with Gasteiger partial charge in [-0.25, -0.2) is 8.78 Å². The third-order valence-corrected chi connectivity index (χ3v) is 2.61.